The Morgan fingerprint density at radius 2 is 2.07 bits per heavy atom. The van der Waals surface area contributed by atoms with Gasteiger partial charge in [-0.05, 0) is 42.8 Å². The lowest BCUT2D eigenvalue weighted by Gasteiger charge is -2.20. The van der Waals surface area contributed by atoms with E-state index in [0.29, 0.717) is 23.4 Å². The van der Waals surface area contributed by atoms with Crippen LogP contribution in [-0.2, 0) is 4.79 Å². The van der Waals surface area contributed by atoms with Crippen LogP contribution in [0.2, 0.25) is 0 Å². The van der Waals surface area contributed by atoms with Crippen LogP contribution in [-0.4, -0.2) is 23.2 Å². The predicted molar refractivity (Wildman–Crippen MR) is 110 cm³/mol. The van der Waals surface area contributed by atoms with E-state index < -0.39 is 0 Å². The van der Waals surface area contributed by atoms with Gasteiger partial charge in [-0.15, -0.1) is 0 Å². The SMILES string of the molecule is Cc1ccc(C2=NN(C(=O)CNc3cccc(C#N)c3)[C@@H](c3ccco3)C2)cc1. The molecule has 3 aromatic rings. The maximum Gasteiger partial charge on any atom is 0.262 e. The second-order valence-electron chi connectivity index (χ2n) is 6.93. The zero-order valence-electron chi connectivity index (χ0n) is 16.0. The Labute approximate surface area is 169 Å². The Kier molecular flexibility index (Phi) is 5.12. The summed E-state index contributed by atoms with van der Waals surface area (Å²) in [6, 6.07) is 20.6. The van der Waals surface area contributed by atoms with Crippen LogP contribution in [0.3, 0.4) is 0 Å². The van der Waals surface area contributed by atoms with Gasteiger partial charge in [0.15, 0.2) is 0 Å². The Morgan fingerprint density at radius 3 is 2.79 bits per heavy atom. The Balaban J connectivity index is 1.54. The highest BCUT2D eigenvalue weighted by atomic mass is 16.3. The maximum atomic E-state index is 13.0. The fourth-order valence-corrected chi connectivity index (χ4v) is 3.32. The second-order valence-corrected chi connectivity index (χ2v) is 6.93. The minimum absolute atomic E-state index is 0.0662. The van der Waals surface area contributed by atoms with Gasteiger partial charge in [0.1, 0.15) is 11.8 Å². The van der Waals surface area contributed by atoms with Gasteiger partial charge in [0.25, 0.3) is 5.91 Å². The molecule has 0 aliphatic carbocycles. The molecule has 0 radical (unpaired) electrons. The standard InChI is InChI=1S/C23H20N4O2/c1-16-7-9-18(10-8-16)20-13-21(22-6-3-11-29-22)27(26-20)23(28)15-25-19-5-2-4-17(12-19)14-24/h2-12,21,25H,13,15H2,1H3/t21-/m1/s1. The summed E-state index contributed by atoms with van der Waals surface area (Å²) in [6.45, 7) is 2.10. The lowest BCUT2D eigenvalue weighted by molar-refractivity contribution is -0.131. The Bertz CT molecular complexity index is 1080. The monoisotopic (exact) mass is 384 g/mol. The van der Waals surface area contributed by atoms with E-state index in [2.05, 4.69) is 16.5 Å². The van der Waals surface area contributed by atoms with Crippen molar-refractivity contribution in [3.63, 3.8) is 0 Å². The molecule has 0 spiro atoms. The number of hydrogen-bond donors (Lipinski definition) is 1. The third-order valence-corrected chi connectivity index (χ3v) is 4.86. The average Bonchev–Trinajstić information content (AvgIpc) is 3.42. The highest BCUT2D eigenvalue weighted by molar-refractivity contribution is 6.03. The van der Waals surface area contributed by atoms with Crippen LogP contribution < -0.4 is 5.32 Å². The summed E-state index contributed by atoms with van der Waals surface area (Å²) in [5.74, 6) is 0.534. The Morgan fingerprint density at radius 1 is 1.24 bits per heavy atom. The summed E-state index contributed by atoms with van der Waals surface area (Å²) < 4.78 is 5.57. The molecule has 1 atom stereocenters. The number of furan rings is 1. The summed E-state index contributed by atoms with van der Waals surface area (Å²) in [4.78, 5) is 13.0. The van der Waals surface area contributed by atoms with Gasteiger partial charge in [-0.3, -0.25) is 4.79 Å². The van der Waals surface area contributed by atoms with E-state index in [1.807, 2.05) is 49.4 Å². The Hall–Kier alpha value is -3.85. The van der Waals surface area contributed by atoms with E-state index in [-0.39, 0.29) is 18.5 Å². The first-order chi connectivity index (χ1) is 14.1. The van der Waals surface area contributed by atoms with Crippen molar-refractivity contribution in [1.29, 1.82) is 5.26 Å². The van der Waals surface area contributed by atoms with Crippen LogP contribution in [0.15, 0.2) is 76.4 Å². The number of nitriles is 1. The van der Waals surface area contributed by atoms with Crippen molar-refractivity contribution in [2.75, 3.05) is 11.9 Å². The quantitative estimate of drug-likeness (QED) is 0.713. The lowest BCUT2D eigenvalue weighted by atomic mass is 10.0. The molecule has 0 fully saturated rings. The van der Waals surface area contributed by atoms with Crippen LogP contribution >= 0.6 is 0 Å². The first kappa shape index (κ1) is 18.5. The fourth-order valence-electron chi connectivity index (χ4n) is 3.32. The first-order valence-corrected chi connectivity index (χ1v) is 9.38. The zero-order valence-corrected chi connectivity index (χ0v) is 16.0. The van der Waals surface area contributed by atoms with Gasteiger partial charge in [0, 0.05) is 12.1 Å². The molecule has 1 N–H and O–H groups in total. The van der Waals surface area contributed by atoms with Gasteiger partial charge in [0.2, 0.25) is 0 Å². The smallest absolute Gasteiger partial charge is 0.262 e. The molecule has 0 bridgehead atoms. The van der Waals surface area contributed by atoms with E-state index in [0.717, 1.165) is 11.3 Å². The van der Waals surface area contributed by atoms with Crippen LogP contribution in [0.4, 0.5) is 5.69 Å². The van der Waals surface area contributed by atoms with Crippen molar-refractivity contribution in [3.8, 4) is 6.07 Å². The van der Waals surface area contributed by atoms with E-state index in [9.17, 15) is 4.79 Å². The summed E-state index contributed by atoms with van der Waals surface area (Å²) in [6.07, 6.45) is 2.19. The molecule has 0 unspecified atom stereocenters. The van der Waals surface area contributed by atoms with Crippen molar-refractivity contribution in [1.82, 2.24) is 5.01 Å². The number of nitrogens with one attached hydrogen (secondary N) is 1. The molecule has 1 aliphatic rings. The third-order valence-electron chi connectivity index (χ3n) is 4.86. The number of hydrazone groups is 1. The molecule has 2 aromatic carbocycles. The van der Waals surface area contributed by atoms with Crippen LogP contribution in [0.1, 0.15) is 34.9 Å². The molecule has 144 valence electrons. The molecule has 6 heteroatoms. The number of carbonyl (C=O) groups excluding carboxylic acids is 1. The molecular formula is C23H20N4O2. The summed E-state index contributed by atoms with van der Waals surface area (Å²) in [5, 5.41) is 18.2. The van der Waals surface area contributed by atoms with Crippen molar-refractivity contribution >= 4 is 17.3 Å². The van der Waals surface area contributed by atoms with Gasteiger partial charge < -0.3 is 9.73 Å². The van der Waals surface area contributed by atoms with E-state index in [4.69, 9.17) is 9.68 Å². The van der Waals surface area contributed by atoms with Gasteiger partial charge >= 0.3 is 0 Å². The van der Waals surface area contributed by atoms with E-state index in [1.54, 1.807) is 24.5 Å². The molecule has 4 rings (SSSR count). The van der Waals surface area contributed by atoms with Gasteiger partial charge in [-0.25, -0.2) is 5.01 Å². The summed E-state index contributed by atoms with van der Waals surface area (Å²) in [5.41, 5.74) is 4.28. The molecule has 1 amide bonds. The number of benzene rings is 2. The molecule has 6 nitrogen and oxygen atoms in total. The molecule has 0 saturated heterocycles. The number of carbonyl (C=O) groups is 1. The van der Waals surface area contributed by atoms with E-state index >= 15 is 0 Å². The summed E-state index contributed by atoms with van der Waals surface area (Å²) >= 11 is 0. The minimum Gasteiger partial charge on any atom is -0.467 e. The van der Waals surface area contributed by atoms with Crippen LogP contribution in [0, 0.1) is 18.3 Å². The molecule has 1 aromatic heterocycles. The van der Waals surface area contributed by atoms with Crippen LogP contribution in [0.5, 0.6) is 0 Å². The molecule has 0 saturated carbocycles. The predicted octanol–water partition coefficient (Wildman–Crippen LogP) is 4.25. The van der Waals surface area contributed by atoms with Crippen molar-refractivity contribution < 1.29 is 9.21 Å². The van der Waals surface area contributed by atoms with Crippen molar-refractivity contribution in [2.45, 2.75) is 19.4 Å². The van der Waals surface area contributed by atoms with Crippen LogP contribution in [0.25, 0.3) is 0 Å². The first-order valence-electron chi connectivity index (χ1n) is 9.38. The molecular weight excluding hydrogens is 364 g/mol. The normalized spacial score (nSPS) is 15.7. The maximum absolute atomic E-state index is 13.0. The highest BCUT2D eigenvalue weighted by Gasteiger charge is 2.34. The number of aryl methyl sites for hydroxylation is 1. The lowest BCUT2D eigenvalue weighted by Crippen LogP contribution is -2.32. The molecule has 29 heavy (non-hydrogen) atoms. The second kappa shape index (κ2) is 8.03. The average molecular weight is 384 g/mol. The van der Waals surface area contributed by atoms with Crippen molar-refractivity contribution in [2.24, 2.45) is 5.10 Å². The highest BCUT2D eigenvalue weighted by Crippen LogP contribution is 2.33. The minimum atomic E-state index is -0.277. The molecule has 2 heterocycles. The van der Waals surface area contributed by atoms with Gasteiger partial charge in [-0.1, -0.05) is 35.9 Å². The van der Waals surface area contributed by atoms with E-state index in [1.165, 1.54) is 10.6 Å². The molecule has 1 aliphatic heterocycles. The number of nitrogens with zero attached hydrogens (tertiary/aromatic N) is 3. The summed E-state index contributed by atoms with van der Waals surface area (Å²) in [7, 11) is 0. The number of rotatable bonds is 5. The number of amides is 1. The third kappa shape index (κ3) is 4.04. The topological polar surface area (TPSA) is 81.6 Å². The van der Waals surface area contributed by atoms with Crippen molar-refractivity contribution in [3.05, 3.63) is 89.4 Å². The zero-order chi connectivity index (χ0) is 20.2. The number of hydrogen-bond acceptors (Lipinski definition) is 5. The largest absolute Gasteiger partial charge is 0.467 e. The van der Waals surface area contributed by atoms with Gasteiger partial charge in [0.05, 0.1) is 30.2 Å². The number of anilines is 1. The fraction of sp³-hybridized carbons (Fsp3) is 0.174. The van der Waals surface area contributed by atoms with Gasteiger partial charge in [-0.2, -0.15) is 10.4 Å².